The van der Waals surface area contributed by atoms with Crippen LogP contribution in [0, 0.1) is 32.6 Å². The first-order valence-corrected chi connectivity index (χ1v) is 17.8. The van der Waals surface area contributed by atoms with Gasteiger partial charge in [-0.25, -0.2) is 4.79 Å². The lowest BCUT2D eigenvalue weighted by Gasteiger charge is -2.36. The molecular formula is C37H40ClN7O3S. The number of unbranched alkanes of at least 4 members (excludes halogenated alkanes) is 3. The zero-order chi connectivity index (χ0) is 34.7. The maximum absolute atomic E-state index is 13.9. The van der Waals surface area contributed by atoms with E-state index in [1.165, 1.54) is 4.88 Å². The number of nitrogens with zero attached hydrogens (tertiary/aromatic N) is 6. The van der Waals surface area contributed by atoms with E-state index in [0.717, 1.165) is 58.2 Å². The van der Waals surface area contributed by atoms with Gasteiger partial charge < -0.3 is 20.6 Å². The maximum atomic E-state index is 13.9. The van der Waals surface area contributed by atoms with E-state index in [0.29, 0.717) is 55.6 Å². The van der Waals surface area contributed by atoms with Gasteiger partial charge in [-0.1, -0.05) is 42.0 Å². The molecule has 6 rings (SSSR count). The highest BCUT2D eigenvalue weighted by molar-refractivity contribution is 7.15. The Morgan fingerprint density at radius 2 is 1.78 bits per heavy atom. The van der Waals surface area contributed by atoms with E-state index in [2.05, 4.69) is 45.4 Å². The topological polar surface area (TPSA) is 130 Å². The van der Waals surface area contributed by atoms with Crippen molar-refractivity contribution in [2.24, 2.45) is 10.7 Å². The number of aliphatic imine (C=N–C) groups is 1. The average molecular weight is 698 g/mol. The van der Waals surface area contributed by atoms with E-state index < -0.39 is 12.0 Å². The van der Waals surface area contributed by atoms with Crippen LogP contribution < -0.4 is 10.6 Å². The number of hydrogen-bond acceptors (Lipinski definition) is 8. The van der Waals surface area contributed by atoms with Gasteiger partial charge in [0.25, 0.3) is 0 Å². The Hall–Kier alpha value is -4.50. The lowest BCUT2D eigenvalue weighted by atomic mass is 9.99. The highest BCUT2D eigenvalue weighted by Crippen LogP contribution is 2.40. The summed E-state index contributed by atoms with van der Waals surface area (Å²) in [4.78, 5) is 36.4. The molecule has 1 fully saturated rings. The predicted molar refractivity (Wildman–Crippen MR) is 194 cm³/mol. The van der Waals surface area contributed by atoms with E-state index in [9.17, 15) is 14.7 Å². The minimum atomic E-state index is -1.01. The predicted octanol–water partition coefficient (Wildman–Crippen LogP) is 6.11. The number of rotatable bonds is 9. The Balaban J connectivity index is 1.19. The van der Waals surface area contributed by atoms with Crippen molar-refractivity contribution >= 4 is 46.2 Å². The molecule has 1 saturated heterocycles. The van der Waals surface area contributed by atoms with Crippen molar-refractivity contribution in [1.82, 2.24) is 19.7 Å². The SMILES string of the molecule is Cc1sc2c(c1C)C(c1ccc(Cl)cc1)=N[C@@H](CC(=O)N1CCN(c3ccc(C#CCCCCCN)c(C(=O)O)c3)CC1)c1nnc(C)n1-2. The number of carboxylic acids is 1. The number of aromatic carboxylic acids is 1. The van der Waals surface area contributed by atoms with Crippen molar-refractivity contribution < 1.29 is 14.7 Å². The van der Waals surface area contributed by atoms with E-state index in [-0.39, 0.29) is 17.9 Å². The Morgan fingerprint density at radius 3 is 2.49 bits per heavy atom. The van der Waals surface area contributed by atoms with Crippen LogP contribution >= 0.6 is 22.9 Å². The zero-order valence-electron chi connectivity index (χ0n) is 28.0. The molecule has 0 radical (unpaired) electrons. The van der Waals surface area contributed by atoms with Crippen LogP contribution in [0.15, 0.2) is 47.5 Å². The van der Waals surface area contributed by atoms with Crippen molar-refractivity contribution in [3.63, 3.8) is 0 Å². The third kappa shape index (κ3) is 7.27. The molecule has 2 aliphatic heterocycles. The van der Waals surface area contributed by atoms with E-state index in [1.807, 2.05) is 42.2 Å². The lowest BCUT2D eigenvalue weighted by molar-refractivity contribution is -0.131. The van der Waals surface area contributed by atoms with Gasteiger partial charge in [0, 0.05) is 64.9 Å². The summed E-state index contributed by atoms with van der Waals surface area (Å²) in [6.07, 6.45) is 3.77. The molecule has 254 valence electrons. The van der Waals surface area contributed by atoms with Gasteiger partial charge in [0.15, 0.2) is 5.82 Å². The van der Waals surface area contributed by atoms with E-state index in [1.54, 1.807) is 23.5 Å². The highest BCUT2D eigenvalue weighted by atomic mass is 35.5. The summed E-state index contributed by atoms with van der Waals surface area (Å²) in [5, 5.41) is 20.5. The van der Waals surface area contributed by atoms with Crippen LogP contribution in [0.4, 0.5) is 5.69 Å². The van der Waals surface area contributed by atoms with Crippen LogP contribution in [0.1, 0.15) is 87.3 Å². The number of halogens is 1. The fourth-order valence-electron chi connectivity index (χ4n) is 6.35. The monoisotopic (exact) mass is 697 g/mol. The number of aryl methyl sites for hydroxylation is 2. The molecule has 0 aliphatic carbocycles. The van der Waals surface area contributed by atoms with Gasteiger partial charge in [0.05, 0.1) is 17.7 Å². The quantitative estimate of drug-likeness (QED) is 0.160. The summed E-state index contributed by atoms with van der Waals surface area (Å²) in [6, 6.07) is 12.5. The average Bonchev–Trinajstić information content (AvgIpc) is 3.58. The fourth-order valence-corrected chi connectivity index (χ4v) is 7.69. The third-order valence-electron chi connectivity index (χ3n) is 9.19. The summed E-state index contributed by atoms with van der Waals surface area (Å²) < 4.78 is 2.05. The number of carbonyl (C=O) groups excluding carboxylic acids is 1. The Kier molecular flexibility index (Phi) is 10.5. The minimum Gasteiger partial charge on any atom is -0.478 e. The Morgan fingerprint density at radius 1 is 1.02 bits per heavy atom. The summed E-state index contributed by atoms with van der Waals surface area (Å²) in [5.41, 5.74) is 11.0. The van der Waals surface area contributed by atoms with Crippen LogP contribution in [-0.2, 0) is 4.79 Å². The molecule has 2 aliphatic rings. The molecular weight excluding hydrogens is 658 g/mol. The summed E-state index contributed by atoms with van der Waals surface area (Å²) >= 11 is 7.92. The van der Waals surface area contributed by atoms with Crippen LogP contribution in [0.3, 0.4) is 0 Å². The number of hydrogen-bond donors (Lipinski definition) is 2. The molecule has 4 aromatic rings. The molecule has 10 nitrogen and oxygen atoms in total. The van der Waals surface area contributed by atoms with E-state index in [4.69, 9.17) is 22.3 Å². The normalized spacial score (nSPS) is 15.5. The van der Waals surface area contributed by atoms with Crippen molar-refractivity contribution in [3.05, 3.63) is 91.8 Å². The van der Waals surface area contributed by atoms with Crippen molar-refractivity contribution in [3.8, 4) is 16.8 Å². The second-order valence-electron chi connectivity index (χ2n) is 12.4. The number of nitrogens with two attached hydrogens (primary N) is 1. The van der Waals surface area contributed by atoms with Gasteiger partial charge in [0.2, 0.25) is 5.91 Å². The number of amides is 1. The van der Waals surface area contributed by atoms with Crippen LogP contribution in [0.25, 0.3) is 5.00 Å². The molecule has 2 aromatic carbocycles. The number of piperazine rings is 1. The summed E-state index contributed by atoms with van der Waals surface area (Å²) in [7, 11) is 0. The second kappa shape index (κ2) is 14.9. The molecule has 0 saturated carbocycles. The number of thiophene rings is 1. The van der Waals surface area contributed by atoms with Crippen molar-refractivity contribution in [2.75, 3.05) is 37.6 Å². The van der Waals surface area contributed by atoms with Crippen LogP contribution in [-0.4, -0.2) is 75.1 Å². The maximum Gasteiger partial charge on any atom is 0.337 e. The molecule has 0 unspecified atom stereocenters. The molecule has 3 N–H and O–H groups in total. The van der Waals surface area contributed by atoms with Crippen molar-refractivity contribution in [2.45, 2.75) is 58.9 Å². The first kappa shape index (κ1) is 34.4. The smallest absolute Gasteiger partial charge is 0.337 e. The number of carbonyl (C=O) groups is 2. The molecule has 1 amide bonds. The molecule has 12 heteroatoms. The molecule has 4 heterocycles. The van der Waals surface area contributed by atoms with Gasteiger partial charge in [-0.2, -0.15) is 0 Å². The number of carboxylic acid groups (broad SMARTS) is 1. The first-order chi connectivity index (χ1) is 23.7. The molecule has 0 spiro atoms. The minimum absolute atomic E-state index is 0.0162. The highest BCUT2D eigenvalue weighted by Gasteiger charge is 2.34. The number of benzene rings is 2. The standard InChI is InChI=1S/C37H40ClN7O3S/c1-23-24(2)49-36-33(23)34(27-10-13-28(38)14-11-27)40-31(35-42-41-25(3)45(35)36)22-32(46)44-19-17-43(18-20-44)29-15-12-26(30(21-29)37(47)48)9-7-5-4-6-8-16-39/h10-15,21,31H,4-6,8,16-20,22,39H2,1-3H3,(H,47,48)/t31-/m0/s1. The van der Waals surface area contributed by atoms with Gasteiger partial charge in [-0.3, -0.25) is 14.4 Å². The number of aromatic nitrogens is 3. The van der Waals surface area contributed by atoms with Gasteiger partial charge >= 0.3 is 5.97 Å². The lowest BCUT2D eigenvalue weighted by Crippen LogP contribution is -2.49. The third-order valence-corrected chi connectivity index (χ3v) is 10.6. The molecule has 1 atom stereocenters. The number of anilines is 1. The first-order valence-electron chi connectivity index (χ1n) is 16.6. The van der Waals surface area contributed by atoms with Crippen LogP contribution in [0.2, 0.25) is 5.02 Å². The zero-order valence-corrected chi connectivity index (χ0v) is 29.6. The molecule has 0 bridgehead atoms. The fraction of sp³-hybridized carbons (Fsp3) is 0.378. The van der Waals surface area contributed by atoms with Crippen LogP contribution in [0.5, 0.6) is 0 Å². The largest absolute Gasteiger partial charge is 0.478 e. The summed E-state index contributed by atoms with van der Waals surface area (Å²) in [6.45, 7) is 8.96. The van der Waals surface area contributed by atoms with Gasteiger partial charge in [-0.05, 0) is 76.1 Å². The molecule has 2 aromatic heterocycles. The van der Waals surface area contributed by atoms with Gasteiger partial charge in [0.1, 0.15) is 16.9 Å². The summed E-state index contributed by atoms with van der Waals surface area (Å²) in [5.74, 6) is 6.52. The Labute approximate surface area is 295 Å². The van der Waals surface area contributed by atoms with E-state index >= 15 is 0 Å². The molecule has 49 heavy (non-hydrogen) atoms. The van der Waals surface area contributed by atoms with Crippen molar-refractivity contribution in [1.29, 1.82) is 0 Å². The Bertz CT molecular complexity index is 1960. The number of fused-ring (bicyclic) bond motifs is 3. The van der Waals surface area contributed by atoms with Gasteiger partial charge in [-0.15, -0.1) is 21.5 Å². The second-order valence-corrected chi connectivity index (χ2v) is 14.1.